The zero-order valence-corrected chi connectivity index (χ0v) is 16.1. The molecule has 3 N–H and O–H groups in total. The molecule has 2 atom stereocenters. The Kier molecular flexibility index (Phi) is 5.86. The number of hydrogen-bond acceptors (Lipinski definition) is 5. The first-order valence-corrected chi connectivity index (χ1v) is 9.30. The zero-order valence-electron chi connectivity index (χ0n) is 16.1. The number of rotatable bonds is 6. The summed E-state index contributed by atoms with van der Waals surface area (Å²) >= 11 is 0. The summed E-state index contributed by atoms with van der Waals surface area (Å²) in [5, 5.41) is 3.26. The molecule has 3 rings (SSSR count). The maximum Gasteiger partial charge on any atom is 0.258 e. The fourth-order valence-corrected chi connectivity index (χ4v) is 3.32. The van der Waals surface area contributed by atoms with Gasteiger partial charge in [0.1, 0.15) is 0 Å². The molecule has 6 heteroatoms. The summed E-state index contributed by atoms with van der Waals surface area (Å²) in [5.41, 5.74) is 9.80. The molecule has 2 unspecified atom stereocenters. The van der Waals surface area contributed by atoms with Crippen LogP contribution in [0.5, 0.6) is 0 Å². The van der Waals surface area contributed by atoms with Gasteiger partial charge >= 0.3 is 0 Å². The first-order chi connectivity index (χ1) is 13.0. The van der Waals surface area contributed by atoms with Crippen molar-refractivity contribution in [1.29, 1.82) is 0 Å². The van der Waals surface area contributed by atoms with Crippen LogP contribution in [-0.4, -0.2) is 27.1 Å². The number of allylic oxidation sites excluding steroid dienone is 3. The van der Waals surface area contributed by atoms with E-state index in [2.05, 4.69) is 40.4 Å². The van der Waals surface area contributed by atoms with Crippen LogP contribution in [0.15, 0.2) is 53.1 Å². The van der Waals surface area contributed by atoms with E-state index in [4.69, 9.17) is 5.73 Å². The summed E-state index contributed by atoms with van der Waals surface area (Å²) in [4.78, 5) is 21.3. The van der Waals surface area contributed by atoms with Crippen molar-refractivity contribution in [1.82, 2.24) is 14.5 Å². The molecule has 0 spiro atoms. The summed E-state index contributed by atoms with van der Waals surface area (Å²) in [5.74, 6) is 1.06. The van der Waals surface area contributed by atoms with E-state index in [-0.39, 0.29) is 11.6 Å². The van der Waals surface area contributed by atoms with Crippen LogP contribution in [0.2, 0.25) is 0 Å². The van der Waals surface area contributed by atoms with E-state index in [0.29, 0.717) is 29.7 Å². The van der Waals surface area contributed by atoms with E-state index < -0.39 is 0 Å². The van der Waals surface area contributed by atoms with Gasteiger partial charge in [-0.05, 0) is 37.8 Å². The van der Waals surface area contributed by atoms with Gasteiger partial charge in [-0.25, -0.2) is 4.98 Å². The number of aromatic nitrogens is 3. The average molecular weight is 365 g/mol. The lowest BCUT2D eigenvalue weighted by atomic mass is 9.89. The molecule has 0 aliphatic heterocycles. The molecule has 142 valence electrons. The third-order valence-electron chi connectivity index (χ3n) is 5.06. The van der Waals surface area contributed by atoms with Crippen LogP contribution in [0, 0.1) is 12.8 Å². The fraction of sp³-hybridized carbons (Fsp3) is 0.381. The van der Waals surface area contributed by atoms with E-state index in [0.717, 1.165) is 18.4 Å². The van der Waals surface area contributed by atoms with Crippen molar-refractivity contribution in [2.45, 2.75) is 32.7 Å². The summed E-state index contributed by atoms with van der Waals surface area (Å²) in [6.45, 7) is 4.57. The topological polar surface area (TPSA) is 85.8 Å². The fourth-order valence-electron chi connectivity index (χ4n) is 3.32. The number of nitrogens with zero attached hydrogens (tertiary/aromatic N) is 3. The summed E-state index contributed by atoms with van der Waals surface area (Å²) in [7, 11) is 1.73. The Hall–Kier alpha value is -2.73. The minimum absolute atomic E-state index is 0.0484. The highest BCUT2D eigenvalue weighted by Crippen LogP contribution is 2.24. The Balaban J connectivity index is 1.77. The number of hydrogen-bond donors (Lipinski definition) is 2. The van der Waals surface area contributed by atoms with Crippen LogP contribution < -0.4 is 16.6 Å². The van der Waals surface area contributed by atoms with Crippen LogP contribution >= 0.6 is 0 Å². The lowest BCUT2D eigenvalue weighted by molar-refractivity contribution is 0.592. The maximum atomic E-state index is 12.6. The number of pyridine rings is 1. The van der Waals surface area contributed by atoms with Crippen molar-refractivity contribution >= 4 is 5.95 Å². The van der Waals surface area contributed by atoms with Gasteiger partial charge in [-0.3, -0.25) is 14.3 Å². The van der Waals surface area contributed by atoms with Crippen LogP contribution in [-0.2, 0) is 7.05 Å². The van der Waals surface area contributed by atoms with Crippen LogP contribution in [0.25, 0.3) is 11.3 Å². The molecule has 0 saturated carbocycles. The Labute approximate surface area is 159 Å². The molecule has 2 aromatic heterocycles. The van der Waals surface area contributed by atoms with E-state index >= 15 is 0 Å². The molecule has 2 aromatic rings. The van der Waals surface area contributed by atoms with Gasteiger partial charge in [0.2, 0.25) is 5.95 Å². The first-order valence-electron chi connectivity index (χ1n) is 9.30. The van der Waals surface area contributed by atoms with Gasteiger partial charge < -0.3 is 11.1 Å². The molecule has 0 saturated heterocycles. The van der Waals surface area contributed by atoms with Crippen LogP contribution in [0.1, 0.15) is 25.3 Å². The predicted octanol–water partition coefficient (Wildman–Crippen LogP) is 2.80. The minimum Gasteiger partial charge on any atom is -0.354 e. The van der Waals surface area contributed by atoms with Crippen molar-refractivity contribution in [3.8, 4) is 11.3 Å². The highest BCUT2D eigenvalue weighted by atomic mass is 16.1. The molecule has 0 aromatic carbocycles. The highest BCUT2D eigenvalue weighted by Gasteiger charge is 2.16. The summed E-state index contributed by atoms with van der Waals surface area (Å²) in [6, 6.07) is 3.66. The molecule has 0 fully saturated rings. The number of nitrogens with two attached hydrogens (primary N) is 1. The van der Waals surface area contributed by atoms with Crippen molar-refractivity contribution in [2.24, 2.45) is 18.7 Å². The molecule has 0 bridgehead atoms. The van der Waals surface area contributed by atoms with Crippen LogP contribution in [0.3, 0.4) is 0 Å². The normalized spacial score (nSPS) is 17.5. The van der Waals surface area contributed by atoms with Gasteiger partial charge in [0.25, 0.3) is 5.56 Å². The largest absolute Gasteiger partial charge is 0.354 e. The van der Waals surface area contributed by atoms with Crippen molar-refractivity contribution in [2.75, 3.05) is 11.9 Å². The standard InChI is InChI=1S/C21H27N5O/c1-14-6-4-5-7-17(14)12-18(22)13-24-21-25-19(15(2)20(27)26(21)3)16-8-10-23-11-9-16/h4-5,7-11,14,18H,6,12-13,22H2,1-3H3,(H,24,25). The van der Waals surface area contributed by atoms with E-state index in [1.54, 1.807) is 26.4 Å². The molecule has 0 radical (unpaired) electrons. The molecular weight excluding hydrogens is 338 g/mol. The van der Waals surface area contributed by atoms with Crippen molar-refractivity contribution in [3.05, 3.63) is 64.2 Å². The van der Waals surface area contributed by atoms with Crippen LogP contribution in [0.4, 0.5) is 5.95 Å². The SMILES string of the molecule is Cc1c(-c2ccncc2)nc(NCC(N)CC2=CC=CCC2C)n(C)c1=O. The second-order valence-corrected chi connectivity index (χ2v) is 7.16. The average Bonchev–Trinajstić information content (AvgIpc) is 2.68. The Bertz CT molecular complexity index is 914. The second kappa shape index (κ2) is 8.31. The molecule has 2 heterocycles. The zero-order chi connectivity index (χ0) is 19.4. The lowest BCUT2D eigenvalue weighted by Crippen LogP contribution is -2.33. The molecule has 6 nitrogen and oxygen atoms in total. The van der Waals surface area contributed by atoms with Crippen molar-refractivity contribution < 1.29 is 0 Å². The maximum absolute atomic E-state index is 12.6. The highest BCUT2D eigenvalue weighted by molar-refractivity contribution is 5.63. The van der Waals surface area contributed by atoms with E-state index in [1.165, 1.54) is 10.1 Å². The Morgan fingerprint density at radius 1 is 1.37 bits per heavy atom. The minimum atomic E-state index is -0.0679. The quantitative estimate of drug-likeness (QED) is 0.822. The van der Waals surface area contributed by atoms with Gasteiger partial charge in [0.15, 0.2) is 0 Å². The monoisotopic (exact) mass is 365 g/mol. The number of nitrogens with one attached hydrogen (secondary N) is 1. The van der Waals surface area contributed by atoms with E-state index in [9.17, 15) is 4.79 Å². The van der Waals surface area contributed by atoms with Gasteiger partial charge in [-0.15, -0.1) is 0 Å². The van der Waals surface area contributed by atoms with Gasteiger partial charge in [0.05, 0.1) is 5.69 Å². The van der Waals surface area contributed by atoms with Crippen molar-refractivity contribution in [3.63, 3.8) is 0 Å². The Morgan fingerprint density at radius 3 is 2.81 bits per heavy atom. The summed E-state index contributed by atoms with van der Waals surface area (Å²) < 4.78 is 1.54. The van der Waals surface area contributed by atoms with Gasteiger partial charge in [-0.2, -0.15) is 0 Å². The smallest absolute Gasteiger partial charge is 0.258 e. The predicted molar refractivity (Wildman–Crippen MR) is 110 cm³/mol. The molecular formula is C21H27N5O. The van der Waals surface area contributed by atoms with Gasteiger partial charge in [-0.1, -0.05) is 30.7 Å². The van der Waals surface area contributed by atoms with Gasteiger partial charge in [0, 0.05) is 43.2 Å². The first kappa shape index (κ1) is 19.0. The second-order valence-electron chi connectivity index (χ2n) is 7.16. The lowest BCUT2D eigenvalue weighted by Gasteiger charge is -2.22. The number of anilines is 1. The molecule has 27 heavy (non-hydrogen) atoms. The molecule has 1 aliphatic rings. The third kappa shape index (κ3) is 4.34. The summed E-state index contributed by atoms with van der Waals surface area (Å²) in [6.07, 6.45) is 11.7. The molecule has 1 aliphatic carbocycles. The van der Waals surface area contributed by atoms with E-state index in [1.807, 2.05) is 12.1 Å². The molecule has 0 amide bonds. The third-order valence-corrected chi connectivity index (χ3v) is 5.06. The Morgan fingerprint density at radius 2 is 2.11 bits per heavy atom.